The molecule has 0 bridgehead atoms. The second kappa shape index (κ2) is 8.08. The first kappa shape index (κ1) is 21.3. The van der Waals surface area contributed by atoms with Crippen LogP contribution in [-0.4, -0.2) is 29.1 Å². The van der Waals surface area contributed by atoms with Gasteiger partial charge in [0.15, 0.2) is 11.6 Å². The lowest BCUT2D eigenvalue weighted by atomic mass is 9.94. The molecule has 0 spiro atoms. The summed E-state index contributed by atoms with van der Waals surface area (Å²) in [6.45, 7) is 0. The van der Waals surface area contributed by atoms with Crippen molar-refractivity contribution in [1.82, 2.24) is 9.97 Å². The number of pyridine rings is 1. The molecule has 0 saturated heterocycles. The van der Waals surface area contributed by atoms with Gasteiger partial charge in [-0.15, -0.1) is 11.3 Å². The number of methoxy groups -OCH3 is 1. The highest BCUT2D eigenvalue weighted by Gasteiger charge is 2.37. The smallest absolute Gasteiger partial charge is 0.251 e. The fraction of sp³-hybridized carbons (Fsp3) is 0.261. The summed E-state index contributed by atoms with van der Waals surface area (Å²) in [7, 11) is 1.56. The number of thiazole rings is 1. The Morgan fingerprint density at radius 2 is 2.03 bits per heavy atom. The summed E-state index contributed by atoms with van der Waals surface area (Å²) in [5.41, 5.74) is 1.83. The van der Waals surface area contributed by atoms with Crippen LogP contribution in [0.5, 0.6) is 11.5 Å². The molecule has 1 atom stereocenters. The molecule has 4 nitrogen and oxygen atoms in total. The molecule has 5 rings (SSSR count). The van der Waals surface area contributed by atoms with Crippen molar-refractivity contribution in [2.24, 2.45) is 0 Å². The molecule has 9 heteroatoms. The number of benzene rings is 2. The molecule has 2 heterocycles. The van der Waals surface area contributed by atoms with Gasteiger partial charge in [0.05, 0.1) is 29.0 Å². The molecule has 2 aromatic heterocycles. The van der Waals surface area contributed by atoms with Crippen LogP contribution in [0.3, 0.4) is 0 Å². The zero-order valence-electron chi connectivity index (χ0n) is 16.9. The maximum absolute atomic E-state index is 14.7. The van der Waals surface area contributed by atoms with Crippen LogP contribution in [0.15, 0.2) is 36.5 Å². The highest BCUT2D eigenvalue weighted by molar-refractivity contribution is 7.21. The van der Waals surface area contributed by atoms with E-state index in [0.29, 0.717) is 37.1 Å². The number of nitrogens with zero attached hydrogens (tertiary/aromatic N) is 2. The number of hydrogen-bond acceptors (Lipinski definition) is 5. The third-order valence-electron chi connectivity index (χ3n) is 5.35. The second-order valence-corrected chi connectivity index (χ2v) is 9.13. The van der Waals surface area contributed by atoms with Crippen molar-refractivity contribution in [3.8, 4) is 22.1 Å². The molecule has 0 amide bonds. The van der Waals surface area contributed by atoms with Gasteiger partial charge in [-0.3, -0.25) is 4.98 Å². The molecule has 2 aromatic carbocycles. The number of aromatic nitrogens is 2. The number of halogens is 4. The lowest BCUT2D eigenvalue weighted by Crippen LogP contribution is -2.33. The summed E-state index contributed by atoms with van der Waals surface area (Å²) >= 11 is 7.64. The summed E-state index contributed by atoms with van der Waals surface area (Å²) in [4.78, 5) is 9.03. The maximum Gasteiger partial charge on any atom is 0.251 e. The molecule has 0 aliphatic heterocycles. The van der Waals surface area contributed by atoms with Crippen molar-refractivity contribution in [3.05, 3.63) is 53.8 Å². The predicted octanol–water partition coefficient (Wildman–Crippen LogP) is 7.08. The van der Waals surface area contributed by atoms with E-state index in [1.165, 1.54) is 23.5 Å². The molecule has 165 valence electrons. The van der Waals surface area contributed by atoms with Crippen LogP contribution < -0.4 is 9.47 Å². The number of ether oxygens (including phenoxy) is 2. The van der Waals surface area contributed by atoms with Crippen LogP contribution in [0.25, 0.3) is 31.7 Å². The normalized spacial score (nSPS) is 18.2. The SMILES string of the molecule is COc1cnc2c(-c3nc4cc(F)c(O[C@H]5[CH]CCC(F)(F)C5)cc4s3)cc(Cl)cc2c1. The van der Waals surface area contributed by atoms with Gasteiger partial charge in [0.2, 0.25) is 0 Å². The third-order valence-corrected chi connectivity index (χ3v) is 6.62. The topological polar surface area (TPSA) is 44.2 Å². The average Bonchev–Trinajstić information content (AvgIpc) is 3.14. The molecule has 0 N–H and O–H groups in total. The minimum Gasteiger partial charge on any atom is -0.495 e. The fourth-order valence-corrected chi connectivity index (χ4v) is 5.04. The van der Waals surface area contributed by atoms with Crippen LogP contribution in [0, 0.1) is 12.2 Å². The van der Waals surface area contributed by atoms with Crippen molar-refractivity contribution in [1.29, 1.82) is 0 Å². The monoisotopic (exact) mass is 477 g/mol. The van der Waals surface area contributed by atoms with Gasteiger partial charge < -0.3 is 9.47 Å². The zero-order valence-corrected chi connectivity index (χ0v) is 18.4. The van der Waals surface area contributed by atoms with Crippen LogP contribution in [0.4, 0.5) is 13.2 Å². The number of alkyl halides is 2. The number of rotatable bonds is 4. The first-order chi connectivity index (χ1) is 15.3. The predicted molar refractivity (Wildman–Crippen MR) is 119 cm³/mol. The van der Waals surface area contributed by atoms with E-state index in [2.05, 4.69) is 9.97 Å². The van der Waals surface area contributed by atoms with E-state index in [1.807, 2.05) is 6.07 Å². The van der Waals surface area contributed by atoms with Crippen molar-refractivity contribution < 1.29 is 22.6 Å². The Kier molecular flexibility index (Phi) is 5.37. The quantitative estimate of drug-likeness (QED) is 0.315. The molecular formula is C23H17ClF3N2O2S. The molecule has 1 saturated carbocycles. The molecule has 1 radical (unpaired) electrons. The first-order valence-electron chi connectivity index (χ1n) is 9.93. The average molecular weight is 478 g/mol. The van der Waals surface area contributed by atoms with Crippen LogP contribution >= 0.6 is 22.9 Å². The van der Waals surface area contributed by atoms with Crippen molar-refractivity contribution >= 4 is 44.1 Å². The minimum absolute atomic E-state index is 0.0644. The molecule has 1 aliphatic carbocycles. The Labute approximate surface area is 191 Å². The summed E-state index contributed by atoms with van der Waals surface area (Å²) in [6, 6.07) is 8.14. The zero-order chi connectivity index (χ0) is 22.5. The van der Waals surface area contributed by atoms with Gasteiger partial charge in [0, 0.05) is 47.4 Å². The van der Waals surface area contributed by atoms with Gasteiger partial charge in [-0.1, -0.05) is 11.6 Å². The van der Waals surface area contributed by atoms with E-state index >= 15 is 0 Å². The fourth-order valence-electron chi connectivity index (χ4n) is 3.82. The molecule has 4 aromatic rings. The van der Waals surface area contributed by atoms with E-state index in [9.17, 15) is 13.2 Å². The Bertz CT molecular complexity index is 1330. The van der Waals surface area contributed by atoms with Crippen molar-refractivity contribution in [3.63, 3.8) is 0 Å². The Balaban J connectivity index is 1.53. The Morgan fingerprint density at radius 1 is 1.19 bits per heavy atom. The molecule has 0 unspecified atom stereocenters. The standard InChI is InChI=1S/C23H17ClF3N2O2S/c1-30-15-6-12-5-13(24)7-16(21(12)28-11-15)22-29-18-8-17(25)19(9-20(18)32-22)31-14-3-2-4-23(26,27)10-14/h3,5-9,11,14H,2,4,10H2,1H3/t14-/m0/s1. The lowest BCUT2D eigenvalue weighted by molar-refractivity contribution is -0.0554. The van der Waals surface area contributed by atoms with Crippen LogP contribution in [0.2, 0.25) is 5.02 Å². The largest absolute Gasteiger partial charge is 0.495 e. The minimum atomic E-state index is -2.80. The van der Waals surface area contributed by atoms with E-state index < -0.39 is 24.3 Å². The molecular weight excluding hydrogens is 461 g/mol. The summed E-state index contributed by atoms with van der Waals surface area (Å²) in [5, 5.41) is 1.90. The van der Waals surface area contributed by atoms with Gasteiger partial charge >= 0.3 is 0 Å². The molecule has 1 fully saturated rings. The highest BCUT2D eigenvalue weighted by atomic mass is 35.5. The third kappa shape index (κ3) is 4.09. The van der Waals surface area contributed by atoms with E-state index in [0.717, 1.165) is 5.39 Å². The Hall–Kier alpha value is -2.58. The highest BCUT2D eigenvalue weighted by Crippen LogP contribution is 2.40. The van der Waals surface area contributed by atoms with Gasteiger partial charge in [0.1, 0.15) is 16.9 Å². The number of hydrogen-bond donors (Lipinski definition) is 0. The molecule has 32 heavy (non-hydrogen) atoms. The van der Waals surface area contributed by atoms with Crippen LogP contribution in [-0.2, 0) is 0 Å². The summed E-state index contributed by atoms with van der Waals surface area (Å²) in [6.07, 6.45) is 1.99. The first-order valence-corrected chi connectivity index (χ1v) is 11.1. The molecule has 1 aliphatic rings. The van der Waals surface area contributed by atoms with E-state index in [1.54, 1.807) is 31.9 Å². The summed E-state index contributed by atoms with van der Waals surface area (Å²) in [5.74, 6) is -2.91. The lowest BCUT2D eigenvalue weighted by Gasteiger charge is -2.29. The number of fused-ring (bicyclic) bond motifs is 2. The summed E-state index contributed by atoms with van der Waals surface area (Å²) < 4.78 is 53.5. The van der Waals surface area contributed by atoms with Crippen molar-refractivity contribution in [2.75, 3.05) is 7.11 Å². The Morgan fingerprint density at radius 3 is 2.81 bits per heavy atom. The van der Waals surface area contributed by atoms with Gasteiger partial charge in [-0.2, -0.15) is 0 Å². The maximum atomic E-state index is 14.7. The second-order valence-electron chi connectivity index (χ2n) is 7.66. The van der Waals surface area contributed by atoms with E-state index in [4.69, 9.17) is 21.1 Å². The van der Waals surface area contributed by atoms with Crippen LogP contribution in [0.1, 0.15) is 19.3 Å². The van der Waals surface area contributed by atoms with Gasteiger partial charge in [-0.25, -0.2) is 18.2 Å². The van der Waals surface area contributed by atoms with Crippen molar-refractivity contribution in [2.45, 2.75) is 31.3 Å². The van der Waals surface area contributed by atoms with Gasteiger partial charge in [0.25, 0.3) is 5.92 Å². The van der Waals surface area contributed by atoms with E-state index in [-0.39, 0.29) is 18.6 Å². The van der Waals surface area contributed by atoms with Gasteiger partial charge in [-0.05, 0) is 24.6 Å².